The van der Waals surface area contributed by atoms with Crippen LogP contribution in [0.3, 0.4) is 0 Å². The van der Waals surface area contributed by atoms with Gasteiger partial charge in [0.05, 0.1) is 14.2 Å². The Balaban J connectivity index is 1.73. The molecular weight excluding hydrogens is 382 g/mol. The summed E-state index contributed by atoms with van der Waals surface area (Å²) >= 11 is 1.28. The Morgan fingerprint density at radius 1 is 1.25 bits per heavy atom. The number of aromatic nitrogens is 1. The number of hydrogen-bond acceptors (Lipinski definition) is 8. The first-order valence-corrected chi connectivity index (χ1v) is 9.40. The third kappa shape index (κ3) is 6.27. The molecule has 150 valence electrons. The van der Waals surface area contributed by atoms with E-state index in [0.29, 0.717) is 36.1 Å². The number of esters is 1. The summed E-state index contributed by atoms with van der Waals surface area (Å²) in [5.41, 5.74) is 1.15. The lowest BCUT2D eigenvalue weighted by Crippen LogP contribution is -2.30. The Bertz CT molecular complexity index is 822. The van der Waals surface area contributed by atoms with E-state index < -0.39 is 5.97 Å². The monoisotopic (exact) mass is 405 g/mol. The highest BCUT2D eigenvalue weighted by atomic mass is 32.1. The van der Waals surface area contributed by atoms with Crippen LogP contribution in [0.1, 0.15) is 16.1 Å². The third-order valence-electron chi connectivity index (χ3n) is 3.63. The lowest BCUT2D eigenvalue weighted by Gasteiger charge is -2.10. The van der Waals surface area contributed by atoms with Gasteiger partial charge >= 0.3 is 5.97 Å². The SMILES string of the molecule is C=CCNc1nc(C(=O)OCC(=O)NCCc2ccc(OC)c(OC)c2)cs1. The van der Waals surface area contributed by atoms with Gasteiger partial charge in [0.25, 0.3) is 5.91 Å². The number of carbonyl (C=O) groups is 2. The van der Waals surface area contributed by atoms with Gasteiger partial charge in [0.1, 0.15) is 0 Å². The Morgan fingerprint density at radius 2 is 2.04 bits per heavy atom. The van der Waals surface area contributed by atoms with E-state index in [-0.39, 0.29) is 18.2 Å². The third-order valence-corrected chi connectivity index (χ3v) is 4.43. The summed E-state index contributed by atoms with van der Waals surface area (Å²) in [5, 5.41) is 7.85. The van der Waals surface area contributed by atoms with Gasteiger partial charge in [0, 0.05) is 18.5 Å². The highest BCUT2D eigenvalue weighted by Crippen LogP contribution is 2.27. The van der Waals surface area contributed by atoms with Crippen molar-refractivity contribution in [2.75, 3.05) is 39.2 Å². The summed E-state index contributed by atoms with van der Waals surface area (Å²) in [5.74, 6) is 0.254. The van der Waals surface area contributed by atoms with Crippen LogP contribution in [-0.2, 0) is 16.0 Å². The van der Waals surface area contributed by atoms with Gasteiger partial charge in [-0.2, -0.15) is 0 Å². The predicted octanol–water partition coefficient (Wildman–Crippen LogP) is 2.27. The molecule has 0 aliphatic carbocycles. The topological polar surface area (TPSA) is 98.8 Å². The quantitative estimate of drug-likeness (QED) is 0.437. The Hall–Kier alpha value is -3.07. The molecule has 1 heterocycles. The number of carbonyl (C=O) groups excluding carboxylic acids is 2. The number of ether oxygens (including phenoxy) is 3. The smallest absolute Gasteiger partial charge is 0.358 e. The van der Waals surface area contributed by atoms with Crippen molar-refractivity contribution in [2.45, 2.75) is 6.42 Å². The van der Waals surface area contributed by atoms with E-state index in [1.54, 1.807) is 25.7 Å². The molecule has 0 fully saturated rings. The van der Waals surface area contributed by atoms with Crippen LogP contribution < -0.4 is 20.1 Å². The highest BCUT2D eigenvalue weighted by molar-refractivity contribution is 7.13. The standard InChI is InChI=1S/C19H23N3O5S/c1-4-8-21-19-22-14(12-28-19)18(24)27-11-17(23)20-9-7-13-5-6-15(25-2)16(10-13)26-3/h4-6,10,12H,1,7-9,11H2,2-3H3,(H,20,23)(H,21,22). The fraction of sp³-hybridized carbons (Fsp3) is 0.316. The number of methoxy groups -OCH3 is 2. The molecule has 0 aliphatic heterocycles. The summed E-state index contributed by atoms with van der Waals surface area (Å²) in [6.07, 6.45) is 2.29. The summed E-state index contributed by atoms with van der Waals surface area (Å²) in [4.78, 5) is 27.9. The van der Waals surface area contributed by atoms with Gasteiger partial charge < -0.3 is 24.8 Å². The van der Waals surface area contributed by atoms with Gasteiger partial charge in [-0.15, -0.1) is 17.9 Å². The van der Waals surface area contributed by atoms with Crippen molar-refractivity contribution in [3.63, 3.8) is 0 Å². The van der Waals surface area contributed by atoms with Crippen molar-refractivity contribution in [1.82, 2.24) is 10.3 Å². The van der Waals surface area contributed by atoms with Crippen molar-refractivity contribution in [2.24, 2.45) is 0 Å². The second-order valence-electron chi connectivity index (χ2n) is 5.57. The summed E-state index contributed by atoms with van der Waals surface area (Å²) in [6.45, 7) is 4.18. The van der Waals surface area contributed by atoms with E-state index >= 15 is 0 Å². The Kier molecular flexibility index (Phi) is 8.29. The highest BCUT2D eigenvalue weighted by Gasteiger charge is 2.14. The molecule has 9 heteroatoms. The first-order chi connectivity index (χ1) is 13.6. The molecule has 1 amide bonds. The zero-order valence-electron chi connectivity index (χ0n) is 15.8. The molecule has 2 aromatic rings. The number of anilines is 1. The number of nitrogens with zero attached hydrogens (tertiary/aromatic N) is 1. The molecule has 0 saturated carbocycles. The van der Waals surface area contributed by atoms with Crippen molar-refractivity contribution in [3.8, 4) is 11.5 Å². The average Bonchev–Trinajstić information content (AvgIpc) is 3.19. The van der Waals surface area contributed by atoms with E-state index in [1.165, 1.54) is 11.3 Å². The minimum Gasteiger partial charge on any atom is -0.493 e. The Morgan fingerprint density at radius 3 is 2.75 bits per heavy atom. The zero-order chi connectivity index (χ0) is 20.4. The van der Waals surface area contributed by atoms with Crippen LogP contribution in [0, 0.1) is 0 Å². The van der Waals surface area contributed by atoms with E-state index in [2.05, 4.69) is 22.2 Å². The van der Waals surface area contributed by atoms with E-state index in [4.69, 9.17) is 14.2 Å². The van der Waals surface area contributed by atoms with Crippen molar-refractivity contribution in [3.05, 3.63) is 47.5 Å². The maximum Gasteiger partial charge on any atom is 0.358 e. The predicted molar refractivity (Wildman–Crippen MR) is 107 cm³/mol. The lowest BCUT2D eigenvalue weighted by atomic mass is 10.1. The largest absolute Gasteiger partial charge is 0.493 e. The van der Waals surface area contributed by atoms with Crippen LogP contribution >= 0.6 is 11.3 Å². The number of nitrogens with one attached hydrogen (secondary N) is 2. The Labute approximate surface area is 167 Å². The molecule has 1 aromatic carbocycles. The molecule has 8 nitrogen and oxygen atoms in total. The van der Waals surface area contributed by atoms with Crippen LogP contribution in [0.25, 0.3) is 0 Å². The van der Waals surface area contributed by atoms with Gasteiger partial charge in [-0.05, 0) is 24.1 Å². The first-order valence-electron chi connectivity index (χ1n) is 8.52. The van der Waals surface area contributed by atoms with Crippen molar-refractivity contribution >= 4 is 28.3 Å². The first kappa shape index (κ1) is 21.2. The van der Waals surface area contributed by atoms with Gasteiger partial charge in [0.2, 0.25) is 0 Å². The maximum absolute atomic E-state index is 11.9. The molecule has 0 spiro atoms. The fourth-order valence-corrected chi connectivity index (χ4v) is 2.94. The van der Waals surface area contributed by atoms with Gasteiger partial charge in [-0.1, -0.05) is 12.1 Å². The van der Waals surface area contributed by atoms with E-state index in [9.17, 15) is 9.59 Å². The number of rotatable bonds is 11. The minimum atomic E-state index is -0.641. The number of hydrogen-bond donors (Lipinski definition) is 2. The molecular formula is C19H23N3O5S. The normalized spacial score (nSPS) is 10.1. The summed E-state index contributed by atoms with van der Waals surface area (Å²) in [6, 6.07) is 5.56. The summed E-state index contributed by atoms with van der Waals surface area (Å²) < 4.78 is 15.4. The van der Waals surface area contributed by atoms with Crippen LogP contribution in [0.4, 0.5) is 5.13 Å². The van der Waals surface area contributed by atoms with Gasteiger partial charge in [0.15, 0.2) is 28.9 Å². The number of amides is 1. The minimum absolute atomic E-state index is 0.162. The maximum atomic E-state index is 11.9. The van der Waals surface area contributed by atoms with Crippen LogP contribution in [0.5, 0.6) is 11.5 Å². The molecule has 2 N–H and O–H groups in total. The van der Waals surface area contributed by atoms with Crippen LogP contribution in [-0.4, -0.2) is 50.8 Å². The van der Waals surface area contributed by atoms with Gasteiger partial charge in [-0.3, -0.25) is 4.79 Å². The van der Waals surface area contributed by atoms with Crippen LogP contribution in [0.15, 0.2) is 36.2 Å². The molecule has 1 aromatic heterocycles. The number of benzene rings is 1. The summed E-state index contributed by atoms with van der Waals surface area (Å²) in [7, 11) is 3.14. The van der Waals surface area contributed by atoms with Crippen LogP contribution in [0.2, 0.25) is 0 Å². The molecule has 0 unspecified atom stereocenters. The molecule has 2 rings (SSSR count). The van der Waals surface area contributed by atoms with E-state index in [0.717, 1.165) is 5.56 Å². The number of thiazole rings is 1. The van der Waals surface area contributed by atoms with Gasteiger partial charge in [-0.25, -0.2) is 9.78 Å². The molecule has 0 aliphatic rings. The van der Waals surface area contributed by atoms with E-state index in [1.807, 2.05) is 18.2 Å². The molecule has 0 bridgehead atoms. The average molecular weight is 405 g/mol. The zero-order valence-corrected chi connectivity index (χ0v) is 16.6. The second-order valence-corrected chi connectivity index (χ2v) is 6.43. The molecule has 0 atom stereocenters. The lowest BCUT2D eigenvalue weighted by molar-refractivity contribution is -0.124. The second kappa shape index (κ2) is 10.9. The fourth-order valence-electron chi connectivity index (χ4n) is 2.25. The molecule has 0 saturated heterocycles. The van der Waals surface area contributed by atoms with Crippen molar-refractivity contribution in [1.29, 1.82) is 0 Å². The molecule has 0 radical (unpaired) electrons. The van der Waals surface area contributed by atoms with Crippen molar-refractivity contribution < 1.29 is 23.8 Å². The molecule has 28 heavy (non-hydrogen) atoms.